The highest BCUT2D eigenvalue weighted by atomic mass is 19.3. The molecule has 6 nitrogen and oxygen atoms in total. The first-order chi connectivity index (χ1) is 13.5. The number of aliphatic hydroxyl groups is 1. The molecule has 0 aliphatic carbocycles. The van der Waals surface area contributed by atoms with Gasteiger partial charge in [0.2, 0.25) is 0 Å². The highest BCUT2D eigenvalue weighted by molar-refractivity contribution is 5.79. The van der Waals surface area contributed by atoms with Gasteiger partial charge in [0.15, 0.2) is 5.96 Å². The summed E-state index contributed by atoms with van der Waals surface area (Å²) in [6, 6.07) is 5.96. The Morgan fingerprint density at radius 3 is 2.71 bits per heavy atom. The summed E-state index contributed by atoms with van der Waals surface area (Å²) in [5, 5.41) is 16.8. The fourth-order valence-corrected chi connectivity index (χ4v) is 3.32. The third kappa shape index (κ3) is 7.98. The quantitative estimate of drug-likeness (QED) is 0.441. The fourth-order valence-electron chi connectivity index (χ4n) is 3.32. The van der Waals surface area contributed by atoms with Gasteiger partial charge in [-0.2, -0.15) is 8.78 Å². The van der Waals surface area contributed by atoms with Crippen molar-refractivity contribution in [2.45, 2.75) is 39.4 Å². The van der Waals surface area contributed by atoms with Gasteiger partial charge in [-0.3, -0.25) is 4.99 Å². The van der Waals surface area contributed by atoms with Gasteiger partial charge < -0.3 is 25.4 Å². The molecule has 8 heteroatoms. The number of nitrogens with one attached hydrogen (secondary N) is 2. The van der Waals surface area contributed by atoms with Gasteiger partial charge in [0.1, 0.15) is 5.75 Å². The minimum absolute atomic E-state index is 0.0662. The number of hydrogen-bond donors (Lipinski definition) is 3. The van der Waals surface area contributed by atoms with Crippen LogP contribution in [0.3, 0.4) is 0 Å². The van der Waals surface area contributed by atoms with E-state index in [9.17, 15) is 13.9 Å². The van der Waals surface area contributed by atoms with Crippen molar-refractivity contribution in [2.75, 3.05) is 39.3 Å². The molecule has 3 N–H and O–H groups in total. The van der Waals surface area contributed by atoms with Crippen LogP contribution in [0.2, 0.25) is 0 Å². The number of likely N-dealkylation sites (tertiary alicyclic amines) is 1. The summed E-state index contributed by atoms with van der Waals surface area (Å²) < 4.78 is 28.7. The van der Waals surface area contributed by atoms with Crippen LogP contribution >= 0.6 is 0 Å². The predicted molar refractivity (Wildman–Crippen MR) is 107 cm³/mol. The van der Waals surface area contributed by atoms with Crippen LogP contribution in [0.1, 0.15) is 38.4 Å². The number of aliphatic imine (C=N–C) groups is 1. The summed E-state index contributed by atoms with van der Waals surface area (Å²) in [6.45, 7) is 6.34. The molecule has 1 aromatic carbocycles. The monoisotopic (exact) mass is 398 g/mol. The molecule has 0 bridgehead atoms. The standard InChI is InChI=1S/C20H32F2N4O2/c1-3-23-20(24-10-12-26-11-4-5-15(2)14-26)25-13-18(27)16-6-8-17(9-7-16)28-19(21)22/h6-9,15,18-19,27H,3-5,10-14H2,1-2H3,(H2,23,24,25). The van der Waals surface area contributed by atoms with Crippen molar-refractivity contribution in [3.8, 4) is 5.75 Å². The highest BCUT2D eigenvalue weighted by Gasteiger charge is 2.15. The minimum atomic E-state index is -2.86. The highest BCUT2D eigenvalue weighted by Crippen LogP contribution is 2.19. The van der Waals surface area contributed by atoms with Crippen LogP contribution in [0.5, 0.6) is 5.75 Å². The number of hydrogen-bond acceptors (Lipinski definition) is 4. The normalized spacial score (nSPS) is 19.5. The van der Waals surface area contributed by atoms with E-state index in [1.807, 2.05) is 6.92 Å². The SMILES string of the molecule is CCNC(=NCC(O)c1ccc(OC(F)F)cc1)NCCN1CCCC(C)C1. The molecule has 1 aliphatic heterocycles. The molecular formula is C20H32F2N4O2. The number of nitrogens with zero attached hydrogens (tertiary/aromatic N) is 2. The molecule has 158 valence electrons. The van der Waals surface area contributed by atoms with Gasteiger partial charge in [0.05, 0.1) is 12.6 Å². The second-order valence-electron chi connectivity index (χ2n) is 7.16. The molecule has 1 aromatic rings. The van der Waals surface area contributed by atoms with E-state index in [0.29, 0.717) is 11.5 Å². The number of rotatable bonds is 9. The van der Waals surface area contributed by atoms with E-state index in [4.69, 9.17) is 0 Å². The van der Waals surface area contributed by atoms with E-state index in [-0.39, 0.29) is 12.3 Å². The topological polar surface area (TPSA) is 69.1 Å². The van der Waals surface area contributed by atoms with Gasteiger partial charge >= 0.3 is 6.61 Å². The van der Waals surface area contributed by atoms with E-state index in [1.165, 1.54) is 25.0 Å². The number of alkyl halides is 2. The van der Waals surface area contributed by atoms with Crippen LogP contribution in [0.15, 0.2) is 29.3 Å². The van der Waals surface area contributed by atoms with Gasteiger partial charge in [-0.1, -0.05) is 19.1 Å². The lowest BCUT2D eigenvalue weighted by Gasteiger charge is -2.30. The summed E-state index contributed by atoms with van der Waals surface area (Å²) in [5.41, 5.74) is 0.600. The van der Waals surface area contributed by atoms with Gasteiger partial charge in [-0.25, -0.2) is 0 Å². The lowest BCUT2D eigenvalue weighted by atomic mass is 10.0. The predicted octanol–water partition coefficient (Wildman–Crippen LogP) is 2.61. The average Bonchev–Trinajstić information content (AvgIpc) is 2.66. The Kier molecular flexibility index (Phi) is 9.43. The van der Waals surface area contributed by atoms with E-state index in [2.05, 4.69) is 32.2 Å². The minimum Gasteiger partial charge on any atom is -0.435 e. The van der Waals surface area contributed by atoms with E-state index < -0.39 is 12.7 Å². The van der Waals surface area contributed by atoms with Crippen LogP contribution in [-0.2, 0) is 0 Å². The Bertz CT molecular complexity index is 598. The second kappa shape index (κ2) is 11.8. The zero-order chi connectivity index (χ0) is 20.4. The van der Waals surface area contributed by atoms with E-state index in [0.717, 1.165) is 38.6 Å². The van der Waals surface area contributed by atoms with Crippen molar-refractivity contribution in [1.29, 1.82) is 0 Å². The Hall–Kier alpha value is -1.93. The van der Waals surface area contributed by atoms with Gasteiger partial charge in [-0.05, 0) is 49.9 Å². The maximum absolute atomic E-state index is 12.2. The van der Waals surface area contributed by atoms with Crippen molar-refractivity contribution >= 4 is 5.96 Å². The smallest absolute Gasteiger partial charge is 0.387 e. The molecule has 1 aliphatic rings. The number of piperidine rings is 1. The molecule has 0 aromatic heterocycles. The first-order valence-electron chi connectivity index (χ1n) is 9.95. The summed E-state index contributed by atoms with van der Waals surface area (Å²) in [5.74, 6) is 1.48. The van der Waals surface area contributed by atoms with Crippen LogP contribution in [0, 0.1) is 5.92 Å². The molecule has 2 unspecified atom stereocenters. The summed E-state index contributed by atoms with van der Waals surface area (Å²) in [7, 11) is 0. The molecule has 28 heavy (non-hydrogen) atoms. The van der Waals surface area contributed by atoms with Crippen molar-refractivity contribution in [3.63, 3.8) is 0 Å². The van der Waals surface area contributed by atoms with Crippen LogP contribution < -0.4 is 15.4 Å². The number of ether oxygens (including phenoxy) is 1. The Balaban J connectivity index is 1.81. The molecular weight excluding hydrogens is 366 g/mol. The fraction of sp³-hybridized carbons (Fsp3) is 0.650. The first-order valence-corrected chi connectivity index (χ1v) is 9.95. The zero-order valence-corrected chi connectivity index (χ0v) is 16.7. The van der Waals surface area contributed by atoms with Crippen molar-refractivity contribution in [2.24, 2.45) is 10.9 Å². The lowest BCUT2D eigenvalue weighted by molar-refractivity contribution is -0.0498. The number of aliphatic hydroxyl groups excluding tert-OH is 1. The van der Waals surface area contributed by atoms with Crippen LogP contribution in [0.25, 0.3) is 0 Å². The average molecular weight is 398 g/mol. The molecule has 0 amide bonds. The number of halogens is 2. The van der Waals surface area contributed by atoms with Crippen LogP contribution in [-0.4, -0.2) is 61.8 Å². The van der Waals surface area contributed by atoms with Gasteiger partial charge in [0, 0.05) is 26.2 Å². The number of guanidine groups is 1. The molecule has 2 atom stereocenters. The zero-order valence-electron chi connectivity index (χ0n) is 16.7. The third-order valence-corrected chi connectivity index (χ3v) is 4.72. The second-order valence-corrected chi connectivity index (χ2v) is 7.16. The molecule has 1 saturated heterocycles. The largest absolute Gasteiger partial charge is 0.435 e. The summed E-state index contributed by atoms with van der Waals surface area (Å²) in [4.78, 5) is 6.89. The van der Waals surface area contributed by atoms with Crippen molar-refractivity contribution in [3.05, 3.63) is 29.8 Å². The summed E-state index contributed by atoms with van der Waals surface area (Å²) in [6.07, 6.45) is 1.74. The molecule has 2 rings (SSSR count). The Morgan fingerprint density at radius 2 is 2.07 bits per heavy atom. The lowest BCUT2D eigenvalue weighted by Crippen LogP contribution is -2.43. The van der Waals surface area contributed by atoms with E-state index in [1.54, 1.807) is 12.1 Å². The molecule has 1 heterocycles. The Labute approximate surface area is 166 Å². The molecule has 1 fully saturated rings. The first kappa shape index (κ1) is 22.4. The number of benzene rings is 1. The summed E-state index contributed by atoms with van der Waals surface area (Å²) >= 11 is 0. The van der Waals surface area contributed by atoms with Gasteiger partial charge in [-0.15, -0.1) is 0 Å². The molecule has 0 spiro atoms. The molecule has 0 saturated carbocycles. The Morgan fingerprint density at radius 1 is 1.32 bits per heavy atom. The van der Waals surface area contributed by atoms with Crippen LogP contribution in [0.4, 0.5) is 8.78 Å². The third-order valence-electron chi connectivity index (χ3n) is 4.72. The van der Waals surface area contributed by atoms with E-state index >= 15 is 0 Å². The van der Waals surface area contributed by atoms with Crippen molar-refractivity contribution < 1.29 is 18.6 Å². The maximum atomic E-state index is 12.2. The van der Waals surface area contributed by atoms with Crippen molar-refractivity contribution in [1.82, 2.24) is 15.5 Å². The van der Waals surface area contributed by atoms with Gasteiger partial charge in [0.25, 0.3) is 0 Å². The molecule has 0 radical (unpaired) electrons. The maximum Gasteiger partial charge on any atom is 0.387 e.